The Morgan fingerprint density at radius 2 is 1.68 bits per heavy atom. The Hall–Kier alpha value is -3.12. The van der Waals surface area contributed by atoms with Gasteiger partial charge in [0.1, 0.15) is 11.3 Å². The maximum Gasteiger partial charge on any atom is 0.336 e. The number of amides is 1. The van der Waals surface area contributed by atoms with E-state index < -0.39 is 11.5 Å². The fourth-order valence-corrected chi connectivity index (χ4v) is 2.49. The molecule has 0 atom stereocenters. The molecule has 0 aliphatic carbocycles. The summed E-state index contributed by atoms with van der Waals surface area (Å²) in [7, 11) is 3.25. The molecular weight excluding hydrogens is 358 g/mol. The average Bonchev–Trinajstić information content (AvgIpc) is 2.68. The lowest BCUT2D eigenvalue weighted by Gasteiger charge is -2.10. The van der Waals surface area contributed by atoms with Crippen molar-refractivity contribution in [1.29, 1.82) is 0 Å². The molecule has 0 saturated carbocycles. The van der Waals surface area contributed by atoms with E-state index in [4.69, 9.17) is 14.9 Å². The van der Waals surface area contributed by atoms with E-state index in [1.54, 1.807) is 32.4 Å². The molecule has 0 unspecified atom stereocenters. The van der Waals surface area contributed by atoms with Crippen molar-refractivity contribution in [3.05, 3.63) is 64.5 Å². The largest absolute Gasteiger partial charge is 0.484 e. The van der Waals surface area contributed by atoms with Gasteiger partial charge >= 0.3 is 5.63 Å². The highest BCUT2D eigenvalue weighted by Gasteiger charge is 2.11. The lowest BCUT2D eigenvalue weighted by atomic mass is 9.98. The van der Waals surface area contributed by atoms with Crippen LogP contribution in [-0.4, -0.2) is 26.7 Å². The van der Waals surface area contributed by atoms with E-state index in [-0.39, 0.29) is 6.61 Å². The molecule has 0 aliphatic rings. The van der Waals surface area contributed by atoms with Crippen molar-refractivity contribution in [2.24, 2.45) is 5.73 Å². The summed E-state index contributed by atoms with van der Waals surface area (Å²) in [6, 6.07) is 14.4. The smallest absolute Gasteiger partial charge is 0.336 e. The molecule has 150 valence electrons. The number of hydrogen-bond donors (Lipinski definition) is 1. The number of carbonyl (C=O) groups excluding carboxylic acids is 1. The Kier molecular flexibility index (Phi) is 9.47. The van der Waals surface area contributed by atoms with Crippen LogP contribution in [0, 0.1) is 6.92 Å². The Balaban J connectivity index is 0.000000717. The second-order valence-corrected chi connectivity index (χ2v) is 5.62. The number of carbonyl (C=O) groups is 1. The minimum absolute atomic E-state index is 0.229. The van der Waals surface area contributed by atoms with E-state index in [1.807, 2.05) is 45.0 Å². The quantitative estimate of drug-likeness (QED) is 0.687. The monoisotopic (exact) mass is 385 g/mol. The molecular formula is C22H27NO5. The molecule has 0 radical (unpaired) electrons. The zero-order valence-corrected chi connectivity index (χ0v) is 16.9. The molecule has 0 spiro atoms. The predicted molar refractivity (Wildman–Crippen MR) is 112 cm³/mol. The molecule has 0 fully saturated rings. The maximum atomic E-state index is 11.9. The molecule has 1 amide bonds. The van der Waals surface area contributed by atoms with Crippen molar-refractivity contribution in [2.45, 2.75) is 20.8 Å². The maximum absolute atomic E-state index is 11.9. The molecule has 0 bridgehead atoms. The van der Waals surface area contributed by atoms with Gasteiger partial charge in [-0.1, -0.05) is 38.1 Å². The van der Waals surface area contributed by atoms with Crippen LogP contribution in [0.25, 0.3) is 22.1 Å². The third kappa shape index (κ3) is 6.25. The topological polar surface area (TPSA) is 91.8 Å². The highest BCUT2D eigenvalue weighted by Crippen LogP contribution is 2.31. The standard InChI is InChI=1S/C18H15NO4.C2H6O.C2H6/c1-11-4-2-3-5-13(11)15-9-18(21)23-16-8-12(6-7-14(15)16)22-10-17(19)20;1-3-2;1-2/h2-9H,10H2,1H3,(H2,19,20);1-2H3;1-2H3. The average molecular weight is 385 g/mol. The van der Waals surface area contributed by atoms with Crippen molar-refractivity contribution in [3.63, 3.8) is 0 Å². The van der Waals surface area contributed by atoms with Crippen LogP contribution in [0.2, 0.25) is 0 Å². The van der Waals surface area contributed by atoms with Crippen LogP contribution in [0.1, 0.15) is 19.4 Å². The first-order valence-corrected chi connectivity index (χ1v) is 8.91. The summed E-state index contributed by atoms with van der Waals surface area (Å²) in [6.45, 7) is 5.76. The van der Waals surface area contributed by atoms with Crippen molar-refractivity contribution in [3.8, 4) is 16.9 Å². The lowest BCUT2D eigenvalue weighted by molar-refractivity contribution is -0.119. The van der Waals surface area contributed by atoms with Crippen LogP contribution in [0.3, 0.4) is 0 Å². The molecule has 6 nitrogen and oxygen atoms in total. The minimum atomic E-state index is -0.569. The molecule has 2 N–H and O–H groups in total. The van der Waals surface area contributed by atoms with E-state index in [2.05, 4.69) is 4.74 Å². The normalized spacial score (nSPS) is 9.61. The summed E-state index contributed by atoms with van der Waals surface area (Å²) in [6.07, 6.45) is 0. The Bertz CT molecular complexity index is 963. The predicted octanol–water partition coefficient (Wildman–Crippen LogP) is 3.92. The number of ether oxygens (including phenoxy) is 2. The van der Waals surface area contributed by atoms with Crippen molar-refractivity contribution in [2.75, 3.05) is 20.8 Å². The van der Waals surface area contributed by atoms with Crippen molar-refractivity contribution >= 4 is 16.9 Å². The number of aryl methyl sites for hydroxylation is 1. The van der Waals surface area contributed by atoms with Gasteiger partial charge in [-0.2, -0.15) is 0 Å². The van der Waals surface area contributed by atoms with Gasteiger partial charge in [0.2, 0.25) is 0 Å². The number of methoxy groups -OCH3 is 1. The number of rotatable bonds is 4. The SMILES string of the molecule is CC.COC.Cc1ccccc1-c1cc(=O)oc2cc(OCC(N)=O)ccc12. The number of primary amides is 1. The minimum Gasteiger partial charge on any atom is -0.484 e. The second-order valence-electron chi connectivity index (χ2n) is 5.62. The van der Waals surface area contributed by atoms with Gasteiger partial charge in [-0.05, 0) is 30.2 Å². The zero-order chi connectivity index (χ0) is 21.1. The Morgan fingerprint density at radius 1 is 1.04 bits per heavy atom. The molecule has 3 rings (SSSR count). The van der Waals surface area contributed by atoms with E-state index in [1.165, 1.54) is 6.07 Å². The van der Waals surface area contributed by atoms with Gasteiger partial charge in [-0.15, -0.1) is 0 Å². The van der Waals surface area contributed by atoms with E-state index >= 15 is 0 Å². The zero-order valence-electron chi connectivity index (χ0n) is 16.9. The number of nitrogens with two attached hydrogens (primary N) is 1. The Morgan fingerprint density at radius 3 is 2.29 bits per heavy atom. The summed E-state index contributed by atoms with van der Waals surface area (Å²) in [5, 5.41) is 0.797. The third-order valence-corrected chi connectivity index (χ3v) is 3.53. The fraction of sp³-hybridized carbons (Fsp3) is 0.273. The molecule has 1 aromatic heterocycles. The van der Waals surface area contributed by atoms with Crippen LogP contribution in [-0.2, 0) is 9.53 Å². The van der Waals surface area contributed by atoms with Crippen LogP contribution in [0.4, 0.5) is 0 Å². The first-order chi connectivity index (χ1) is 13.5. The molecule has 6 heteroatoms. The van der Waals surface area contributed by atoms with Gasteiger partial charge in [0.25, 0.3) is 5.91 Å². The fourth-order valence-electron chi connectivity index (χ4n) is 2.49. The summed E-state index contributed by atoms with van der Waals surface area (Å²) in [5.41, 5.74) is 7.85. The first-order valence-electron chi connectivity index (χ1n) is 8.91. The van der Waals surface area contributed by atoms with Gasteiger partial charge in [0.15, 0.2) is 6.61 Å². The second kappa shape index (κ2) is 11.6. The molecule has 0 aliphatic heterocycles. The third-order valence-electron chi connectivity index (χ3n) is 3.53. The lowest BCUT2D eigenvalue weighted by Crippen LogP contribution is -2.19. The van der Waals surface area contributed by atoms with Crippen molar-refractivity contribution < 1.29 is 18.7 Å². The molecule has 0 saturated heterocycles. The van der Waals surface area contributed by atoms with E-state index in [9.17, 15) is 9.59 Å². The number of fused-ring (bicyclic) bond motifs is 1. The van der Waals surface area contributed by atoms with Gasteiger partial charge in [-0.25, -0.2) is 4.79 Å². The molecule has 2 aromatic carbocycles. The molecule has 1 heterocycles. The van der Waals surface area contributed by atoms with E-state index in [0.29, 0.717) is 11.3 Å². The Labute approximate surface area is 164 Å². The van der Waals surface area contributed by atoms with Crippen molar-refractivity contribution in [1.82, 2.24) is 0 Å². The van der Waals surface area contributed by atoms with Crippen LogP contribution in [0.15, 0.2) is 57.7 Å². The number of hydrogen-bond acceptors (Lipinski definition) is 5. The van der Waals surface area contributed by atoms with Crippen LogP contribution >= 0.6 is 0 Å². The summed E-state index contributed by atoms with van der Waals surface area (Å²) >= 11 is 0. The van der Waals surface area contributed by atoms with E-state index in [0.717, 1.165) is 22.1 Å². The van der Waals surface area contributed by atoms with Crippen LogP contribution in [0.5, 0.6) is 5.75 Å². The van der Waals surface area contributed by atoms with Crippen LogP contribution < -0.4 is 16.1 Å². The van der Waals surface area contributed by atoms with Gasteiger partial charge in [0.05, 0.1) is 0 Å². The molecule has 28 heavy (non-hydrogen) atoms. The van der Waals surface area contributed by atoms with Gasteiger partial charge in [-0.3, -0.25) is 4.79 Å². The molecule has 3 aromatic rings. The summed E-state index contributed by atoms with van der Waals surface area (Å²) < 4.78 is 14.8. The van der Waals surface area contributed by atoms with Gasteiger partial charge < -0.3 is 19.6 Å². The van der Waals surface area contributed by atoms with Gasteiger partial charge in [0, 0.05) is 37.3 Å². The highest BCUT2D eigenvalue weighted by atomic mass is 16.5. The highest BCUT2D eigenvalue weighted by molar-refractivity contribution is 5.94. The summed E-state index contributed by atoms with van der Waals surface area (Å²) in [5.74, 6) is -0.151. The summed E-state index contributed by atoms with van der Waals surface area (Å²) in [4.78, 5) is 22.7. The first kappa shape index (κ1) is 22.9. The number of benzene rings is 2.